The number of imidazole rings is 1. The number of halogens is 2. The normalized spacial score (nSPS) is 12.6. The van der Waals surface area contributed by atoms with Gasteiger partial charge in [0.05, 0.1) is 10.0 Å². The number of hydrogen-bond acceptors (Lipinski definition) is 2. The zero-order valence-corrected chi connectivity index (χ0v) is 12.3. The molecule has 3 nitrogen and oxygen atoms in total. The molecule has 2 rings (SSSR count). The summed E-state index contributed by atoms with van der Waals surface area (Å²) in [6, 6.07) is 5.94. The second-order valence-corrected chi connectivity index (χ2v) is 5.23. The third-order valence-electron chi connectivity index (χ3n) is 2.94. The fourth-order valence-corrected chi connectivity index (χ4v) is 2.27. The number of nitrogens with zero attached hydrogens (tertiary/aromatic N) is 1. The summed E-state index contributed by atoms with van der Waals surface area (Å²) in [6.07, 6.45) is 5.48. The van der Waals surface area contributed by atoms with Gasteiger partial charge in [-0.25, -0.2) is 4.98 Å². The minimum atomic E-state index is 0.181. The van der Waals surface area contributed by atoms with Crippen molar-refractivity contribution in [1.82, 2.24) is 15.3 Å². The molecule has 0 bridgehead atoms. The van der Waals surface area contributed by atoms with Crippen molar-refractivity contribution in [3.05, 3.63) is 52.0 Å². The Balaban J connectivity index is 2.18. The molecule has 19 heavy (non-hydrogen) atoms. The van der Waals surface area contributed by atoms with Crippen LogP contribution in [0.25, 0.3) is 0 Å². The molecule has 2 aromatic rings. The molecular formula is C14H17Cl2N3. The number of rotatable bonds is 6. The van der Waals surface area contributed by atoms with Gasteiger partial charge in [-0.15, -0.1) is 0 Å². The van der Waals surface area contributed by atoms with Crippen molar-refractivity contribution in [3.63, 3.8) is 0 Å². The molecule has 0 saturated carbocycles. The van der Waals surface area contributed by atoms with Crippen LogP contribution in [0.1, 0.15) is 30.8 Å². The van der Waals surface area contributed by atoms with Crippen molar-refractivity contribution < 1.29 is 0 Å². The van der Waals surface area contributed by atoms with Gasteiger partial charge in [-0.3, -0.25) is 0 Å². The lowest BCUT2D eigenvalue weighted by Gasteiger charge is -2.18. The van der Waals surface area contributed by atoms with Crippen molar-refractivity contribution in [1.29, 1.82) is 0 Å². The number of H-pyrrole nitrogens is 1. The molecule has 0 fully saturated rings. The average molecular weight is 298 g/mol. The average Bonchev–Trinajstić information content (AvgIpc) is 2.91. The lowest BCUT2D eigenvalue weighted by atomic mass is 10.0. The van der Waals surface area contributed by atoms with E-state index in [9.17, 15) is 0 Å². The molecule has 102 valence electrons. The van der Waals surface area contributed by atoms with Crippen molar-refractivity contribution >= 4 is 23.2 Å². The first-order valence-electron chi connectivity index (χ1n) is 6.37. The van der Waals surface area contributed by atoms with Crippen LogP contribution < -0.4 is 5.32 Å². The number of aromatic nitrogens is 2. The molecule has 0 saturated heterocycles. The maximum Gasteiger partial charge on any atom is 0.107 e. The Hall–Kier alpha value is -1.03. The highest BCUT2D eigenvalue weighted by molar-refractivity contribution is 6.42. The molecule has 0 spiro atoms. The quantitative estimate of drug-likeness (QED) is 0.846. The Labute approximate surface area is 123 Å². The summed E-state index contributed by atoms with van der Waals surface area (Å²) in [5.74, 6) is 0.958. The zero-order chi connectivity index (χ0) is 13.7. The zero-order valence-electron chi connectivity index (χ0n) is 10.8. The third-order valence-corrected chi connectivity index (χ3v) is 3.68. The van der Waals surface area contributed by atoms with Crippen LogP contribution >= 0.6 is 23.2 Å². The van der Waals surface area contributed by atoms with E-state index in [4.69, 9.17) is 23.2 Å². The summed E-state index contributed by atoms with van der Waals surface area (Å²) in [4.78, 5) is 7.40. The molecule has 0 radical (unpaired) electrons. The van der Waals surface area contributed by atoms with Gasteiger partial charge in [0.1, 0.15) is 5.82 Å². The number of hydrogen-bond donors (Lipinski definition) is 2. The lowest BCUT2D eigenvalue weighted by Crippen LogP contribution is -2.24. The molecule has 1 aromatic carbocycles. The summed E-state index contributed by atoms with van der Waals surface area (Å²) in [7, 11) is 0. The highest BCUT2D eigenvalue weighted by atomic mass is 35.5. The lowest BCUT2D eigenvalue weighted by molar-refractivity contribution is 0.520. The monoisotopic (exact) mass is 297 g/mol. The van der Waals surface area contributed by atoms with Gasteiger partial charge in [-0.1, -0.05) is 36.2 Å². The minimum Gasteiger partial charge on any atom is -0.349 e. The predicted molar refractivity (Wildman–Crippen MR) is 79.8 cm³/mol. The molecular weight excluding hydrogens is 281 g/mol. The molecule has 0 aliphatic rings. The van der Waals surface area contributed by atoms with E-state index in [1.807, 2.05) is 24.4 Å². The Bertz CT molecular complexity index is 511. The van der Waals surface area contributed by atoms with E-state index in [-0.39, 0.29) is 6.04 Å². The van der Waals surface area contributed by atoms with Crippen LogP contribution in [0.5, 0.6) is 0 Å². The topological polar surface area (TPSA) is 40.7 Å². The number of benzene rings is 1. The highest BCUT2D eigenvalue weighted by Crippen LogP contribution is 2.26. The van der Waals surface area contributed by atoms with E-state index < -0.39 is 0 Å². The highest BCUT2D eigenvalue weighted by Gasteiger charge is 2.14. The van der Waals surface area contributed by atoms with Crippen LogP contribution in [0, 0.1) is 0 Å². The molecule has 5 heteroatoms. The molecule has 0 aliphatic carbocycles. The molecule has 1 heterocycles. The SMILES string of the molecule is CCCNC(Cc1ncc[nH]1)c1ccc(Cl)c(Cl)c1. The number of aromatic amines is 1. The van der Waals surface area contributed by atoms with E-state index in [1.54, 1.807) is 6.20 Å². The summed E-state index contributed by atoms with van der Waals surface area (Å²) < 4.78 is 0. The van der Waals surface area contributed by atoms with E-state index in [1.165, 1.54) is 0 Å². The van der Waals surface area contributed by atoms with E-state index in [0.717, 1.165) is 30.8 Å². The van der Waals surface area contributed by atoms with Crippen LogP contribution in [0.4, 0.5) is 0 Å². The maximum absolute atomic E-state index is 6.09. The first-order valence-corrected chi connectivity index (χ1v) is 7.13. The second-order valence-electron chi connectivity index (χ2n) is 4.42. The molecule has 1 aromatic heterocycles. The van der Waals surface area contributed by atoms with Gasteiger partial charge < -0.3 is 10.3 Å². The van der Waals surface area contributed by atoms with Gasteiger partial charge in [0.25, 0.3) is 0 Å². The first-order chi connectivity index (χ1) is 9.20. The summed E-state index contributed by atoms with van der Waals surface area (Å²) in [5, 5.41) is 4.68. The predicted octanol–water partition coefficient (Wildman–Crippen LogP) is 4.00. The van der Waals surface area contributed by atoms with E-state index in [2.05, 4.69) is 22.2 Å². The minimum absolute atomic E-state index is 0.181. The smallest absolute Gasteiger partial charge is 0.107 e. The maximum atomic E-state index is 6.09. The number of nitrogens with one attached hydrogen (secondary N) is 2. The van der Waals surface area contributed by atoms with Crippen molar-refractivity contribution in [3.8, 4) is 0 Å². The molecule has 0 aliphatic heterocycles. The van der Waals surface area contributed by atoms with Crippen LogP contribution in [-0.4, -0.2) is 16.5 Å². The van der Waals surface area contributed by atoms with Gasteiger partial charge >= 0.3 is 0 Å². The summed E-state index contributed by atoms with van der Waals surface area (Å²) in [6.45, 7) is 3.09. The molecule has 2 N–H and O–H groups in total. The molecule has 0 amide bonds. The first kappa shape index (κ1) is 14.4. The van der Waals surface area contributed by atoms with Crippen LogP contribution in [0.15, 0.2) is 30.6 Å². The fourth-order valence-electron chi connectivity index (χ4n) is 1.96. The van der Waals surface area contributed by atoms with Crippen LogP contribution in [0.3, 0.4) is 0 Å². The molecule has 1 atom stereocenters. The van der Waals surface area contributed by atoms with Crippen LogP contribution in [0.2, 0.25) is 10.0 Å². The van der Waals surface area contributed by atoms with Crippen molar-refractivity contribution in [2.24, 2.45) is 0 Å². The van der Waals surface area contributed by atoms with Crippen molar-refractivity contribution in [2.45, 2.75) is 25.8 Å². The van der Waals surface area contributed by atoms with Gasteiger partial charge in [0.2, 0.25) is 0 Å². The van der Waals surface area contributed by atoms with Gasteiger partial charge in [-0.05, 0) is 30.7 Å². The van der Waals surface area contributed by atoms with E-state index in [0.29, 0.717) is 10.0 Å². The molecule has 1 unspecified atom stereocenters. The third kappa shape index (κ3) is 3.96. The fraction of sp³-hybridized carbons (Fsp3) is 0.357. The van der Waals surface area contributed by atoms with Gasteiger partial charge in [0.15, 0.2) is 0 Å². The van der Waals surface area contributed by atoms with E-state index >= 15 is 0 Å². The van der Waals surface area contributed by atoms with Gasteiger partial charge in [0, 0.05) is 24.9 Å². The Kier molecular flexibility index (Phi) is 5.25. The van der Waals surface area contributed by atoms with Crippen LogP contribution in [-0.2, 0) is 6.42 Å². The standard InChI is InChI=1S/C14H17Cl2N3/c1-2-5-17-13(9-14-18-6-7-19-14)10-3-4-11(15)12(16)8-10/h3-4,6-8,13,17H,2,5,9H2,1H3,(H,18,19). The summed E-state index contributed by atoms with van der Waals surface area (Å²) in [5.41, 5.74) is 1.12. The van der Waals surface area contributed by atoms with Crippen molar-refractivity contribution in [2.75, 3.05) is 6.54 Å². The largest absolute Gasteiger partial charge is 0.349 e. The summed E-state index contributed by atoms with van der Waals surface area (Å²) >= 11 is 12.1. The van der Waals surface area contributed by atoms with Gasteiger partial charge in [-0.2, -0.15) is 0 Å². The Morgan fingerprint density at radius 3 is 2.79 bits per heavy atom. The second kappa shape index (κ2) is 6.94. The Morgan fingerprint density at radius 2 is 2.16 bits per heavy atom. The Morgan fingerprint density at radius 1 is 1.32 bits per heavy atom.